The Balaban J connectivity index is 2.31. The normalized spacial score (nSPS) is 24.9. The van der Waals surface area contributed by atoms with Gasteiger partial charge in [-0.15, -0.1) is 0 Å². The molecule has 2 rings (SSSR count). The molecule has 1 aliphatic rings. The number of furan rings is 1. The summed E-state index contributed by atoms with van der Waals surface area (Å²) in [7, 11) is -4.25. The third kappa shape index (κ3) is 2.52. The molecule has 0 amide bonds. The Kier molecular flexibility index (Phi) is 3.54. The molecule has 1 fully saturated rings. The molecule has 2 atom stereocenters. The lowest BCUT2D eigenvalue weighted by atomic mass is 9.96. The van der Waals surface area contributed by atoms with E-state index in [1.165, 1.54) is 6.07 Å². The van der Waals surface area contributed by atoms with Crippen LogP contribution in [0.3, 0.4) is 0 Å². The number of carboxylic acid groups (broad SMARTS) is 1. The van der Waals surface area contributed by atoms with E-state index in [4.69, 9.17) is 5.11 Å². The summed E-state index contributed by atoms with van der Waals surface area (Å²) in [6, 6.07) is 2.37. The molecular formula is C10H10F3NO5S. The van der Waals surface area contributed by atoms with Gasteiger partial charge < -0.3 is 9.52 Å². The fraction of sp³-hybridized carbons (Fsp3) is 0.500. The maximum absolute atomic E-state index is 12.8. The molecule has 0 unspecified atom stereocenters. The first-order valence-corrected chi connectivity index (χ1v) is 6.91. The van der Waals surface area contributed by atoms with E-state index in [9.17, 15) is 26.4 Å². The van der Waals surface area contributed by atoms with Gasteiger partial charge in [-0.3, -0.25) is 4.79 Å². The van der Waals surface area contributed by atoms with Gasteiger partial charge in [-0.1, -0.05) is 0 Å². The molecule has 1 N–H and O–H groups in total. The highest BCUT2D eigenvalue weighted by Gasteiger charge is 2.55. The summed E-state index contributed by atoms with van der Waals surface area (Å²) >= 11 is 0. The van der Waals surface area contributed by atoms with E-state index in [1.54, 1.807) is 0 Å². The van der Waals surface area contributed by atoms with Crippen LogP contribution in [0.2, 0.25) is 0 Å². The van der Waals surface area contributed by atoms with Crippen LogP contribution in [-0.4, -0.2) is 43.1 Å². The summed E-state index contributed by atoms with van der Waals surface area (Å²) < 4.78 is 67.5. The van der Waals surface area contributed by atoms with Gasteiger partial charge in [0.1, 0.15) is 0 Å². The average molecular weight is 313 g/mol. The molecule has 0 radical (unpaired) electrons. The van der Waals surface area contributed by atoms with Gasteiger partial charge in [-0.2, -0.15) is 17.5 Å². The number of sulfonamides is 1. The standard InChI is InChI=1S/C10H10F3NO5S/c11-10(12,13)7-5-14(4-6(7)9(15)16)20(17,18)8-2-1-3-19-8/h1-3,6-7H,4-5H2,(H,15,16)/t6-,7-/m1/s1. The van der Waals surface area contributed by atoms with Crippen LogP contribution < -0.4 is 0 Å². The van der Waals surface area contributed by atoms with Crippen LogP contribution in [0.25, 0.3) is 0 Å². The zero-order valence-corrected chi connectivity index (χ0v) is 10.7. The van der Waals surface area contributed by atoms with Crippen molar-refractivity contribution in [3.8, 4) is 0 Å². The van der Waals surface area contributed by atoms with Gasteiger partial charge in [0, 0.05) is 13.1 Å². The third-order valence-corrected chi connectivity index (χ3v) is 4.83. The smallest absolute Gasteiger partial charge is 0.393 e. The minimum atomic E-state index is -4.78. The van der Waals surface area contributed by atoms with Crippen molar-refractivity contribution < 1.29 is 35.9 Å². The molecule has 0 bridgehead atoms. The maximum Gasteiger partial charge on any atom is 0.393 e. The molecule has 1 aliphatic heterocycles. The summed E-state index contributed by atoms with van der Waals surface area (Å²) in [4.78, 5) is 10.9. The van der Waals surface area contributed by atoms with Crippen molar-refractivity contribution in [3.63, 3.8) is 0 Å². The number of carboxylic acids is 1. The molecule has 1 aromatic heterocycles. The Bertz CT molecular complexity index is 595. The number of hydrogen-bond donors (Lipinski definition) is 1. The number of nitrogens with zero attached hydrogens (tertiary/aromatic N) is 1. The zero-order valence-electron chi connectivity index (χ0n) is 9.87. The van der Waals surface area contributed by atoms with Crippen LogP contribution in [0.1, 0.15) is 0 Å². The molecule has 0 spiro atoms. The molecule has 112 valence electrons. The molecule has 0 aliphatic carbocycles. The Labute approximate surface area is 111 Å². The number of carbonyl (C=O) groups is 1. The van der Waals surface area contributed by atoms with Crippen LogP contribution in [-0.2, 0) is 14.8 Å². The quantitative estimate of drug-likeness (QED) is 0.905. The number of rotatable bonds is 3. The molecular weight excluding hydrogens is 303 g/mol. The van der Waals surface area contributed by atoms with Gasteiger partial charge in [0.2, 0.25) is 5.09 Å². The van der Waals surface area contributed by atoms with Crippen molar-refractivity contribution in [1.82, 2.24) is 4.31 Å². The lowest BCUT2D eigenvalue weighted by molar-refractivity contribution is -0.187. The van der Waals surface area contributed by atoms with Crippen molar-refractivity contribution in [2.75, 3.05) is 13.1 Å². The first-order chi connectivity index (χ1) is 9.14. The highest BCUT2D eigenvalue weighted by Crippen LogP contribution is 2.39. The molecule has 2 heterocycles. The highest BCUT2D eigenvalue weighted by atomic mass is 32.2. The number of halogens is 3. The van der Waals surface area contributed by atoms with Crippen LogP contribution in [0.15, 0.2) is 27.9 Å². The summed E-state index contributed by atoms with van der Waals surface area (Å²) in [5.41, 5.74) is 0. The second kappa shape index (κ2) is 4.77. The van der Waals surface area contributed by atoms with Crippen LogP contribution in [0.5, 0.6) is 0 Å². The lowest BCUT2D eigenvalue weighted by Gasteiger charge is -2.17. The van der Waals surface area contributed by atoms with Crippen LogP contribution in [0.4, 0.5) is 13.2 Å². The average Bonchev–Trinajstić information content (AvgIpc) is 2.98. The fourth-order valence-electron chi connectivity index (χ4n) is 2.08. The molecule has 10 heteroatoms. The van der Waals surface area contributed by atoms with Crippen molar-refractivity contribution in [3.05, 3.63) is 18.4 Å². The van der Waals surface area contributed by atoms with Gasteiger partial charge in [0.05, 0.1) is 18.1 Å². The van der Waals surface area contributed by atoms with E-state index in [0.29, 0.717) is 4.31 Å². The van der Waals surface area contributed by atoms with Gasteiger partial charge in [0.25, 0.3) is 10.0 Å². The summed E-state index contributed by atoms with van der Waals surface area (Å²) in [5.74, 6) is -5.73. The van der Waals surface area contributed by atoms with Crippen LogP contribution >= 0.6 is 0 Å². The molecule has 0 aromatic carbocycles. The van der Waals surface area contributed by atoms with Gasteiger partial charge in [0.15, 0.2) is 0 Å². The van der Waals surface area contributed by atoms with Gasteiger partial charge >= 0.3 is 12.1 Å². The minimum Gasteiger partial charge on any atom is -0.481 e. The van der Waals surface area contributed by atoms with Gasteiger partial charge in [-0.25, -0.2) is 8.42 Å². The van der Waals surface area contributed by atoms with Crippen LogP contribution in [0, 0.1) is 11.8 Å². The molecule has 1 aromatic rings. The summed E-state index contributed by atoms with van der Waals surface area (Å²) in [6.45, 7) is -1.66. The Hall–Kier alpha value is -1.55. The van der Waals surface area contributed by atoms with E-state index < -0.39 is 52.2 Å². The monoisotopic (exact) mass is 313 g/mol. The number of aliphatic carboxylic acids is 1. The maximum atomic E-state index is 12.8. The first kappa shape index (κ1) is 14.9. The topological polar surface area (TPSA) is 87.8 Å². The van der Waals surface area contributed by atoms with E-state index in [2.05, 4.69) is 4.42 Å². The fourth-order valence-corrected chi connectivity index (χ4v) is 3.48. The second-order valence-corrected chi connectivity index (χ2v) is 6.22. The highest BCUT2D eigenvalue weighted by molar-refractivity contribution is 7.89. The zero-order chi connectivity index (χ0) is 15.1. The minimum absolute atomic E-state index is 0.489. The Morgan fingerprint density at radius 2 is 2.05 bits per heavy atom. The van der Waals surface area contributed by atoms with Crippen molar-refractivity contribution >= 4 is 16.0 Å². The van der Waals surface area contributed by atoms with E-state index in [0.717, 1.165) is 12.3 Å². The van der Waals surface area contributed by atoms with E-state index >= 15 is 0 Å². The summed E-state index contributed by atoms with van der Waals surface area (Å²) in [6.07, 6.45) is -3.71. The van der Waals surface area contributed by atoms with Gasteiger partial charge in [-0.05, 0) is 12.1 Å². The lowest BCUT2D eigenvalue weighted by Crippen LogP contribution is -2.34. The Morgan fingerprint density at radius 1 is 1.40 bits per heavy atom. The van der Waals surface area contributed by atoms with Crippen molar-refractivity contribution in [2.24, 2.45) is 11.8 Å². The summed E-state index contributed by atoms with van der Waals surface area (Å²) in [5, 5.41) is 8.31. The SMILES string of the molecule is O=C(O)[C@@H]1CN(S(=O)(=O)c2ccco2)C[C@H]1C(F)(F)F. The number of alkyl halides is 3. The van der Waals surface area contributed by atoms with E-state index in [1.807, 2.05) is 0 Å². The molecule has 6 nitrogen and oxygen atoms in total. The van der Waals surface area contributed by atoms with Crippen molar-refractivity contribution in [1.29, 1.82) is 0 Å². The molecule has 1 saturated heterocycles. The molecule has 0 saturated carbocycles. The van der Waals surface area contributed by atoms with Crippen molar-refractivity contribution in [2.45, 2.75) is 11.3 Å². The third-order valence-electron chi connectivity index (χ3n) is 3.11. The second-order valence-electron chi connectivity index (χ2n) is 4.35. The van der Waals surface area contributed by atoms with E-state index in [-0.39, 0.29) is 0 Å². The predicted molar refractivity (Wildman–Crippen MR) is 58.1 cm³/mol. The predicted octanol–water partition coefficient (Wildman–Crippen LogP) is 1.16. The number of hydrogen-bond acceptors (Lipinski definition) is 4. The first-order valence-electron chi connectivity index (χ1n) is 5.47. The molecule has 20 heavy (non-hydrogen) atoms. The largest absolute Gasteiger partial charge is 0.481 e. The Morgan fingerprint density at radius 3 is 2.45 bits per heavy atom.